The Balaban J connectivity index is 2.13. The van der Waals surface area contributed by atoms with E-state index >= 15 is 0 Å². The van der Waals surface area contributed by atoms with Crippen LogP contribution in [0.1, 0.15) is 16.7 Å². The Morgan fingerprint density at radius 1 is 1.21 bits per heavy atom. The van der Waals surface area contributed by atoms with Crippen molar-refractivity contribution in [2.75, 3.05) is 0 Å². The summed E-state index contributed by atoms with van der Waals surface area (Å²) in [6.45, 7) is 0. The third kappa shape index (κ3) is 3.01. The highest BCUT2D eigenvalue weighted by Crippen LogP contribution is 2.32. The first kappa shape index (κ1) is 15.8. The van der Waals surface area contributed by atoms with E-state index in [2.05, 4.69) is 9.97 Å². The van der Waals surface area contributed by atoms with Gasteiger partial charge in [0.1, 0.15) is 5.65 Å². The minimum absolute atomic E-state index is 0.0180. The van der Waals surface area contributed by atoms with Gasteiger partial charge >= 0.3 is 12.1 Å². The minimum atomic E-state index is -4.54. The van der Waals surface area contributed by atoms with E-state index in [0.717, 1.165) is 12.1 Å². The number of carbonyl (C=O) groups is 1. The lowest BCUT2D eigenvalue weighted by atomic mass is 10.0. The smallest absolute Gasteiger partial charge is 0.416 e. The molecule has 3 rings (SSSR count). The summed E-state index contributed by atoms with van der Waals surface area (Å²) < 4.78 is 38.5. The van der Waals surface area contributed by atoms with Gasteiger partial charge in [-0.1, -0.05) is 12.1 Å². The van der Waals surface area contributed by atoms with Gasteiger partial charge in [-0.25, -0.2) is 9.78 Å². The number of aromatic amines is 1. The molecular weight excluding hydrogens is 321 g/mol. The van der Waals surface area contributed by atoms with Gasteiger partial charge in [-0.3, -0.25) is 0 Å². The van der Waals surface area contributed by atoms with Crippen LogP contribution < -0.4 is 0 Å². The average Bonchev–Trinajstić information content (AvgIpc) is 2.95. The van der Waals surface area contributed by atoms with Crippen LogP contribution in [0, 0.1) is 0 Å². The van der Waals surface area contributed by atoms with E-state index < -0.39 is 17.7 Å². The molecule has 0 fully saturated rings. The maximum atomic E-state index is 12.8. The number of nitrogens with zero attached hydrogens (tertiary/aromatic N) is 1. The first-order valence-electron chi connectivity index (χ1n) is 6.91. The molecule has 0 saturated heterocycles. The molecule has 0 radical (unpaired) electrons. The molecule has 0 aliphatic carbocycles. The normalized spacial score (nSPS) is 12.5. The fourth-order valence-electron chi connectivity index (χ4n) is 2.38. The number of aromatic nitrogens is 2. The molecule has 4 nitrogen and oxygen atoms in total. The summed E-state index contributed by atoms with van der Waals surface area (Å²) in [6, 6.07) is 7.69. The van der Waals surface area contributed by atoms with Crippen molar-refractivity contribution in [1.29, 1.82) is 0 Å². The van der Waals surface area contributed by atoms with Crippen LogP contribution in [0.3, 0.4) is 0 Å². The van der Waals surface area contributed by atoms with E-state index in [1.807, 2.05) is 0 Å². The van der Waals surface area contributed by atoms with E-state index in [0.29, 0.717) is 16.6 Å². The molecule has 2 aromatic heterocycles. The van der Waals surface area contributed by atoms with Crippen molar-refractivity contribution < 1.29 is 23.1 Å². The maximum Gasteiger partial charge on any atom is 0.416 e. The molecule has 2 N–H and O–H groups in total. The monoisotopic (exact) mass is 332 g/mol. The number of hydrogen-bond acceptors (Lipinski definition) is 2. The van der Waals surface area contributed by atoms with Crippen LogP contribution in [-0.4, -0.2) is 21.0 Å². The zero-order valence-electron chi connectivity index (χ0n) is 12.1. The molecule has 122 valence electrons. The second kappa shape index (κ2) is 5.84. The van der Waals surface area contributed by atoms with Crippen molar-refractivity contribution in [2.45, 2.75) is 6.18 Å². The Kier molecular flexibility index (Phi) is 3.84. The molecule has 0 aliphatic rings. The number of H-pyrrole nitrogens is 1. The van der Waals surface area contributed by atoms with E-state index in [9.17, 15) is 23.1 Å². The van der Waals surface area contributed by atoms with Crippen molar-refractivity contribution in [3.8, 4) is 0 Å². The third-order valence-electron chi connectivity index (χ3n) is 3.51. The van der Waals surface area contributed by atoms with Gasteiger partial charge in [0.25, 0.3) is 0 Å². The van der Waals surface area contributed by atoms with Crippen molar-refractivity contribution in [3.05, 3.63) is 65.5 Å². The summed E-state index contributed by atoms with van der Waals surface area (Å²) in [4.78, 5) is 18.5. The Morgan fingerprint density at radius 2 is 2.00 bits per heavy atom. The highest BCUT2D eigenvalue weighted by atomic mass is 19.4. The topological polar surface area (TPSA) is 66.0 Å². The summed E-state index contributed by atoms with van der Waals surface area (Å²) in [5, 5.41) is 10.1. The molecule has 3 aromatic rings. The number of carboxylic acid groups (broad SMARTS) is 1. The third-order valence-corrected chi connectivity index (χ3v) is 3.51. The van der Waals surface area contributed by atoms with Crippen molar-refractivity contribution in [3.63, 3.8) is 0 Å². The number of hydrogen-bond donors (Lipinski definition) is 2. The molecule has 0 atom stereocenters. The second-order valence-electron chi connectivity index (χ2n) is 5.09. The van der Waals surface area contributed by atoms with Gasteiger partial charge in [0, 0.05) is 23.3 Å². The highest BCUT2D eigenvalue weighted by molar-refractivity contribution is 6.21. The Labute approximate surface area is 134 Å². The van der Waals surface area contributed by atoms with Crippen molar-refractivity contribution in [2.24, 2.45) is 0 Å². The van der Waals surface area contributed by atoms with E-state index in [1.54, 1.807) is 24.5 Å². The molecule has 1 aromatic carbocycles. The fourth-order valence-corrected chi connectivity index (χ4v) is 2.38. The number of carboxylic acids is 1. The zero-order valence-corrected chi connectivity index (χ0v) is 12.1. The fraction of sp³-hybridized carbons (Fsp3) is 0.0588. The summed E-state index contributed by atoms with van der Waals surface area (Å²) in [5.74, 6) is -1.31. The first-order valence-corrected chi connectivity index (χ1v) is 6.91. The Morgan fingerprint density at radius 3 is 2.71 bits per heavy atom. The van der Waals surface area contributed by atoms with Gasteiger partial charge in [0.15, 0.2) is 0 Å². The van der Waals surface area contributed by atoms with E-state index in [-0.39, 0.29) is 11.1 Å². The number of pyridine rings is 1. The number of alkyl halides is 3. The van der Waals surface area contributed by atoms with Gasteiger partial charge in [-0.05, 0) is 35.9 Å². The molecule has 0 saturated carbocycles. The Bertz CT molecular complexity index is 942. The molecule has 0 unspecified atom stereocenters. The molecule has 0 aliphatic heterocycles. The SMILES string of the molecule is O=C(O)/C(=C/c1c[nH]c2ncccc12)c1cccc(C(F)(F)F)c1. The lowest BCUT2D eigenvalue weighted by Crippen LogP contribution is -2.06. The number of rotatable bonds is 3. The molecule has 2 heterocycles. The lowest BCUT2D eigenvalue weighted by Gasteiger charge is -2.09. The summed E-state index contributed by atoms with van der Waals surface area (Å²) in [7, 11) is 0. The lowest BCUT2D eigenvalue weighted by molar-refractivity contribution is -0.137. The van der Waals surface area contributed by atoms with Gasteiger partial charge in [0.2, 0.25) is 0 Å². The molecule has 0 spiro atoms. The molecule has 7 heteroatoms. The van der Waals surface area contributed by atoms with Crippen LogP contribution in [0.5, 0.6) is 0 Å². The van der Waals surface area contributed by atoms with Gasteiger partial charge in [-0.15, -0.1) is 0 Å². The molecular formula is C17H11F3N2O2. The van der Waals surface area contributed by atoms with Crippen LogP contribution in [0.25, 0.3) is 22.7 Å². The first-order chi connectivity index (χ1) is 11.4. The standard InChI is InChI=1S/C17H11F3N2O2/c18-17(19,20)12-4-1-3-10(7-12)14(16(23)24)8-11-9-22-15-13(11)5-2-6-21-15/h1-9H,(H,21,22)(H,23,24)/b14-8+. The number of nitrogens with one attached hydrogen (secondary N) is 1. The van der Waals surface area contributed by atoms with E-state index in [1.165, 1.54) is 18.2 Å². The van der Waals surface area contributed by atoms with Crippen LogP contribution in [-0.2, 0) is 11.0 Å². The van der Waals surface area contributed by atoms with Gasteiger partial charge in [-0.2, -0.15) is 13.2 Å². The average molecular weight is 332 g/mol. The largest absolute Gasteiger partial charge is 0.478 e. The van der Waals surface area contributed by atoms with Crippen LogP contribution in [0.2, 0.25) is 0 Å². The quantitative estimate of drug-likeness (QED) is 0.706. The molecule has 0 bridgehead atoms. The number of aliphatic carboxylic acids is 1. The molecule has 0 amide bonds. The number of halogens is 3. The van der Waals surface area contributed by atoms with Crippen LogP contribution in [0.15, 0.2) is 48.8 Å². The van der Waals surface area contributed by atoms with Gasteiger partial charge < -0.3 is 10.1 Å². The number of fused-ring (bicyclic) bond motifs is 1. The minimum Gasteiger partial charge on any atom is -0.478 e. The Hall–Kier alpha value is -3.09. The second-order valence-corrected chi connectivity index (χ2v) is 5.09. The summed E-state index contributed by atoms with van der Waals surface area (Å²) in [6.07, 6.45) is -0.0614. The van der Waals surface area contributed by atoms with Crippen LogP contribution >= 0.6 is 0 Å². The zero-order chi connectivity index (χ0) is 17.3. The predicted molar refractivity (Wildman–Crippen MR) is 83.0 cm³/mol. The summed E-state index contributed by atoms with van der Waals surface area (Å²) >= 11 is 0. The number of benzene rings is 1. The van der Waals surface area contributed by atoms with Crippen molar-refractivity contribution >= 4 is 28.7 Å². The van der Waals surface area contributed by atoms with Crippen molar-refractivity contribution in [1.82, 2.24) is 9.97 Å². The van der Waals surface area contributed by atoms with Crippen LogP contribution in [0.4, 0.5) is 13.2 Å². The summed E-state index contributed by atoms with van der Waals surface area (Å²) in [5.41, 5.74) is -0.0420. The maximum absolute atomic E-state index is 12.8. The predicted octanol–water partition coefficient (Wildman–Crippen LogP) is 4.21. The van der Waals surface area contributed by atoms with Gasteiger partial charge in [0.05, 0.1) is 11.1 Å². The molecule has 24 heavy (non-hydrogen) atoms. The highest BCUT2D eigenvalue weighted by Gasteiger charge is 2.31. The van der Waals surface area contributed by atoms with E-state index in [4.69, 9.17) is 0 Å².